The normalized spacial score (nSPS) is 16.1. The molecule has 116 valence electrons. The van der Waals surface area contributed by atoms with Gasteiger partial charge in [0.25, 0.3) is 0 Å². The summed E-state index contributed by atoms with van der Waals surface area (Å²) >= 11 is 0. The zero-order valence-corrected chi connectivity index (χ0v) is 13.1. The first kappa shape index (κ1) is 13.9. The van der Waals surface area contributed by atoms with Crippen molar-refractivity contribution in [2.75, 3.05) is 18.0 Å². The van der Waals surface area contributed by atoms with Gasteiger partial charge in [-0.05, 0) is 36.2 Å². The molecule has 0 saturated heterocycles. The molecule has 0 spiro atoms. The molecule has 0 saturated carbocycles. The summed E-state index contributed by atoms with van der Waals surface area (Å²) in [5.41, 5.74) is 3.53. The number of hydrogen-bond acceptors (Lipinski definition) is 4. The smallest absolute Gasteiger partial charge is 0.218 e. The number of anilines is 2. The standard InChI is InChI=1S/C19H19N3O/c1-2-15-6-5-7-16(12-15)22-13-19(21-11-10-20-14-21)23-18-9-4-3-8-17(18)22/h3-9,12-14H,2,10-11H2,1H3. The van der Waals surface area contributed by atoms with Crippen molar-refractivity contribution in [3.63, 3.8) is 0 Å². The van der Waals surface area contributed by atoms with E-state index in [9.17, 15) is 0 Å². The molecule has 0 amide bonds. The Balaban J connectivity index is 1.79. The molecule has 2 aliphatic rings. The predicted molar refractivity (Wildman–Crippen MR) is 93.2 cm³/mol. The summed E-state index contributed by atoms with van der Waals surface area (Å²) in [6, 6.07) is 16.8. The lowest BCUT2D eigenvalue weighted by atomic mass is 10.1. The molecule has 2 aromatic rings. The zero-order valence-electron chi connectivity index (χ0n) is 13.1. The molecule has 0 aromatic heterocycles. The van der Waals surface area contributed by atoms with Crippen LogP contribution >= 0.6 is 0 Å². The van der Waals surface area contributed by atoms with E-state index in [2.05, 4.69) is 53.3 Å². The van der Waals surface area contributed by atoms with Crippen LogP contribution in [0.4, 0.5) is 11.4 Å². The largest absolute Gasteiger partial charge is 0.437 e. The van der Waals surface area contributed by atoms with Crippen LogP contribution in [0.1, 0.15) is 12.5 Å². The van der Waals surface area contributed by atoms with Crippen LogP contribution in [0.2, 0.25) is 0 Å². The van der Waals surface area contributed by atoms with Crippen molar-refractivity contribution >= 4 is 17.7 Å². The lowest BCUT2D eigenvalue weighted by molar-refractivity contribution is 0.302. The predicted octanol–water partition coefficient (Wildman–Crippen LogP) is 3.92. The second-order valence-corrected chi connectivity index (χ2v) is 5.65. The van der Waals surface area contributed by atoms with Gasteiger partial charge in [0.15, 0.2) is 5.75 Å². The van der Waals surface area contributed by atoms with E-state index in [1.54, 1.807) is 0 Å². The average Bonchev–Trinajstić information content (AvgIpc) is 3.15. The quantitative estimate of drug-likeness (QED) is 0.860. The number of ether oxygens (including phenoxy) is 1. The molecule has 2 aliphatic heterocycles. The highest BCUT2D eigenvalue weighted by atomic mass is 16.5. The van der Waals surface area contributed by atoms with Gasteiger partial charge in [-0.3, -0.25) is 4.99 Å². The third kappa shape index (κ3) is 2.57. The van der Waals surface area contributed by atoms with Crippen LogP contribution in [0.3, 0.4) is 0 Å². The lowest BCUT2D eigenvalue weighted by Gasteiger charge is -2.31. The Morgan fingerprint density at radius 2 is 2.04 bits per heavy atom. The van der Waals surface area contributed by atoms with Crippen molar-refractivity contribution < 1.29 is 4.74 Å². The molecule has 4 rings (SSSR count). The number of fused-ring (bicyclic) bond motifs is 1. The van der Waals surface area contributed by atoms with E-state index in [1.807, 2.05) is 29.4 Å². The maximum Gasteiger partial charge on any atom is 0.218 e. The van der Waals surface area contributed by atoms with Crippen LogP contribution in [0, 0.1) is 0 Å². The lowest BCUT2D eigenvalue weighted by Crippen LogP contribution is -2.28. The minimum atomic E-state index is 0.812. The first-order valence-corrected chi connectivity index (χ1v) is 7.98. The number of aryl methyl sites for hydroxylation is 1. The third-order valence-electron chi connectivity index (χ3n) is 4.15. The van der Waals surface area contributed by atoms with Gasteiger partial charge >= 0.3 is 0 Å². The van der Waals surface area contributed by atoms with Gasteiger partial charge in [-0.25, -0.2) is 0 Å². The van der Waals surface area contributed by atoms with Gasteiger partial charge in [-0.1, -0.05) is 31.2 Å². The van der Waals surface area contributed by atoms with Gasteiger partial charge < -0.3 is 14.5 Å². The minimum absolute atomic E-state index is 0.812. The highest BCUT2D eigenvalue weighted by Crippen LogP contribution is 2.39. The SMILES string of the molecule is CCc1cccc(N2C=C(N3C=NCC3)Oc3ccccc32)c1. The molecule has 4 nitrogen and oxygen atoms in total. The summed E-state index contributed by atoms with van der Waals surface area (Å²) < 4.78 is 6.08. The molecule has 0 unspecified atom stereocenters. The summed E-state index contributed by atoms with van der Waals surface area (Å²) in [6.45, 7) is 3.85. The molecule has 0 aliphatic carbocycles. The first-order chi connectivity index (χ1) is 11.3. The number of hydrogen-bond donors (Lipinski definition) is 0. The van der Waals surface area contributed by atoms with E-state index >= 15 is 0 Å². The number of rotatable bonds is 3. The highest BCUT2D eigenvalue weighted by Gasteiger charge is 2.24. The van der Waals surface area contributed by atoms with Crippen LogP contribution < -0.4 is 9.64 Å². The van der Waals surface area contributed by atoms with E-state index in [0.29, 0.717) is 0 Å². The van der Waals surface area contributed by atoms with E-state index in [4.69, 9.17) is 4.74 Å². The van der Waals surface area contributed by atoms with Crippen LogP contribution in [-0.4, -0.2) is 24.3 Å². The van der Waals surface area contributed by atoms with Crippen molar-refractivity contribution in [1.82, 2.24) is 4.90 Å². The van der Waals surface area contributed by atoms with Gasteiger partial charge in [-0.15, -0.1) is 0 Å². The molecule has 4 heteroatoms. The van der Waals surface area contributed by atoms with E-state index in [-0.39, 0.29) is 0 Å². The summed E-state index contributed by atoms with van der Waals surface area (Å²) in [5, 5.41) is 0. The van der Waals surface area contributed by atoms with Crippen molar-refractivity contribution in [2.24, 2.45) is 4.99 Å². The summed E-state index contributed by atoms with van der Waals surface area (Å²) in [7, 11) is 0. The van der Waals surface area contributed by atoms with Gasteiger partial charge in [0.2, 0.25) is 5.88 Å². The number of aliphatic imine (C=N–C) groups is 1. The third-order valence-corrected chi connectivity index (χ3v) is 4.15. The van der Waals surface area contributed by atoms with Gasteiger partial charge in [-0.2, -0.15) is 0 Å². The van der Waals surface area contributed by atoms with E-state index in [1.165, 1.54) is 5.56 Å². The monoisotopic (exact) mass is 305 g/mol. The molecule has 0 N–H and O–H groups in total. The Morgan fingerprint density at radius 1 is 1.13 bits per heavy atom. The number of benzene rings is 2. The first-order valence-electron chi connectivity index (χ1n) is 7.98. The molecular formula is C19H19N3O. The highest BCUT2D eigenvalue weighted by molar-refractivity contribution is 5.74. The van der Waals surface area contributed by atoms with Crippen molar-refractivity contribution in [3.8, 4) is 5.75 Å². The van der Waals surface area contributed by atoms with E-state index in [0.717, 1.165) is 42.5 Å². The Morgan fingerprint density at radius 3 is 2.87 bits per heavy atom. The fourth-order valence-electron chi connectivity index (χ4n) is 2.88. The van der Waals surface area contributed by atoms with Crippen LogP contribution in [-0.2, 0) is 6.42 Å². The molecule has 23 heavy (non-hydrogen) atoms. The second-order valence-electron chi connectivity index (χ2n) is 5.65. The minimum Gasteiger partial charge on any atom is -0.437 e. The van der Waals surface area contributed by atoms with Gasteiger partial charge in [0.1, 0.15) is 0 Å². The van der Waals surface area contributed by atoms with Gasteiger partial charge in [0, 0.05) is 12.2 Å². The Bertz CT molecular complexity index is 782. The topological polar surface area (TPSA) is 28.1 Å². The zero-order chi connectivity index (χ0) is 15.6. The van der Waals surface area contributed by atoms with E-state index < -0.39 is 0 Å². The maximum absolute atomic E-state index is 6.08. The fourth-order valence-corrected chi connectivity index (χ4v) is 2.88. The molecule has 2 heterocycles. The summed E-state index contributed by atoms with van der Waals surface area (Å²) in [5.74, 6) is 1.68. The Kier molecular flexibility index (Phi) is 3.50. The van der Waals surface area contributed by atoms with Crippen molar-refractivity contribution in [2.45, 2.75) is 13.3 Å². The molecular weight excluding hydrogens is 286 g/mol. The van der Waals surface area contributed by atoms with Gasteiger partial charge in [0.05, 0.1) is 24.8 Å². The summed E-state index contributed by atoms with van der Waals surface area (Å²) in [4.78, 5) is 8.52. The molecule has 0 bridgehead atoms. The number of nitrogens with zero attached hydrogens (tertiary/aromatic N) is 3. The number of para-hydroxylation sites is 2. The fraction of sp³-hybridized carbons (Fsp3) is 0.211. The Labute approximate surface area is 136 Å². The molecule has 2 aromatic carbocycles. The summed E-state index contributed by atoms with van der Waals surface area (Å²) in [6.07, 6.45) is 4.92. The molecule has 0 fully saturated rings. The molecule has 0 radical (unpaired) electrons. The molecule has 0 atom stereocenters. The van der Waals surface area contributed by atoms with Crippen molar-refractivity contribution in [1.29, 1.82) is 0 Å². The van der Waals surface area contributed by atoms with Crippen molar-refractivity contribution in [3.05, 3.63) is 66.2 Å². The van der Waals surface area contributed by atoms with Crippen LogP contribution in [0.25, 0.3) is 0 Å². The Hall–Kier alpha value is -2.75. The second kappa shape index (κ2) is 5.80. The maximum atomic E-state index is 6.08. The average molecular weight is 305 g/mol. The van der Waals surface area contributed by atoms with Crippen LogP contribution in [0.15, 0.2) is 65.6 Å². The van der Waals surface area contributed by atoms with Crippen LogP contribution in [0.5, 0.6) is 5.75 Å².